The zero-order valence-electron chi connectivity index (χ0n) is 13.2. The van der Waals surface area contributed by atoms with Crippen LogP contribution in [0, 0.1) is 5.82 Å². The predicted octanol–water partition coefficient (Wildman–Crippen LogP) is 3.92. The van der Waals surface area contributed by atoms with Crippen LogP contribution in [0.3, 0.4) is 0 Å². The highest BCUT2D eigenvalue weighted by Crippen LogP contribution is 2.40. The van der Waals surface area contributed by atoms with Crippen molar-refractivity contribution in [2.24, 2.45) is 0 Å². The molecule has 24 heavy (non-hydrogen) atoms. The lowest BCUT2D eigenvalue weighted by Gasteiger charge is -2.35. The highest BCUT2D eigenvalue weighted by molar-refractivity contribution is 7.99. The zero-order chi connectivity index (χ0) is 16.5. The SMILES string of the molecule is O=C1CCSC(c2ccc3c(c2)CCO3)N1Cc1ccccc1F. The molecular formula is C19H18FNO2S. The molecule has 2 aromatic carbocycles. The third-order valence-electron chi connectivity index (χ3n) is 4.49. The summed E-state index contributed by atoms with van der Waals surface area (Å²) in [5.74, 6) is 1.55. The van der Waals surface area contributed by atoms with Crippen LogP contribution in [0.5, 0.6) is 5.75 Å². The standard InChI is InChI=1S/C19H18FNO2S/c20-16-4-2-1-3-15(16)12-21-18(22)8-10-24-19(21)14-5-6-17-13(11-14)7-9-23-17/h1-6,11,19H,7-10,12H2. The minimum absolute atomic E-state index is 0.0724. The molecule has 1 saturated heterocycles. The number of nitrogens with zero attached hydrogens (tertiary/aromatic N) is 1. The summed E-state index contributed by atoms with van der Waals surface area (Å²) in [5.41, 5.74) is 2.84. The van der Waals surface area contributed by atoms with E-state index < -0.39 is 0 Å². The molecular weight excluding hydrogens is 325 g/mol. The van der Waals surface area contributed by atoms with Gasteiger partial charge in [0.15, 0.2) is 0 Å². The highest BCUT2D eigenvalue weighted by Gasteiger charge is 2.31. The van der Waals surface area contributed by atoms with Gasteiger partial charge in [-0.1, -0.05) is 24.3 Å². The fraction of sp³-hybridized carbons (Fsp3) is 0.316. The molecule has 2 aliphatic heterocycles. The summed E-state index contributed by atoms with van der Waals surface area (Å²) in [6, 6.07) is 12.8. The van der Waals surface area contributed by atoms with Gasteiger partial charge < -0.3 is 9.64 Å². The topological polar surface area (TPSA) is 29.5 Å². The average molecular weight is 343 g/mol. The first-order valence-electron chi connectivity index (χ1n) is 8.12. The summed E-state index contributed by atoms with van der Waals surface area (Å²) in [7, 11) is 0. The first kappa shape index (κ1) is 15.5. The number of fused-ring (bicyclic) bond motifs is 1. The Kier molecular flexibility index (Phi) is 4.19. The lowest BCUT2D eigenvalue weighted by Crippen LogP contribution is -2.37. The van der Waals surface area contributed by atoms with Gasteiger partial charge in [-0.05, 0) is 29.3 Å². The van der Waals surface area contributed by atoms with Crippen LogP contribution in [0.25, 0.3) is 0 Å². The van der Waals surface area contributed by atoms with Crippen molar-refractivity contribution in [1.29, 1.82) is 0 Å². The molecule has 5 heteroatoms. The Morgan fingerprint density at radius 1 is 1.21 bits per heavy atom. The Bertz CT molecular complexity index is 780. The average Bonchev–Trinajstić information content (AvgIpc) is 3.06. The van der Waals surface area contributed by atoms with Crippen molar-refractivity contribution < 1.29 is 13.9 Å². The largest absolute Gasteiger partial charge is 0.493 e. The molecule has 2 aliphatic rings. The normalized spacial score (nSPS) is 20.0. The van der Waals surface area contributed by atoms with E-state index in [-0.39, 0.29) is 17.1 Å². The fourth-order valence-corrected chi connectivity index (χ4v) is 4.47. The summed E-state index contributed by atoms with van der Waals surface area (Å²) in [4.78, 5) is 14.3. The molecule has 2 heterocycles. The van der Waals surface area contributed by atoms with Crippen molar-refractivity contribution in [1.82, 2.24) is 4.90 Å². The first-order valence-corrected chi connectivity index (χ1v) is 9.17. The van der Waals surface area contributed by atoms with E-state index in [4.69, 9.17) is 4.74 Å². The summed E-state index contributed by atoms with van der Waals surface area (Å²) in [6.07, 6.45) is 1.41. The molecule has 0 aromatic heterocycles. The van der Waals surface area contributed by atoms with Crippen molar-refractivity contribution in [2.45, 2.75) is 24.8 Å². The second-order valence-electron chi connectivity index (χ2n) is 6.05. The third-order valence-corrected chi connectivity index (χ3v) is 5.77. The number of amides is 1. The van der Waals surface area contributed by atoms with Gasteiger partial charge in [0.05, 0.1) is 6.61 Å². The lowest BCUT2D eigenvalue weighted by atomic mass is 10.1. The van der Waals surface area contributed by atoms with Gasteiger partial charge in [-0.15, -0.1) is 11.8 Å². The summed E-state index contributed by atoms with van der Waals surface area (Å²) in [6.45, 7) is 1.02. The van der Waals surface area contributed by atoms with E-state index in [1.54, 1.807) is 28.8 Å². The van der Waals surface area contributed by atoms with Gasteiger partial charge >= 0.3 is 0 Å². The Balaban J connectivity index is 1.65. The maximum Gasteiger partial charge on any atom is 0.224 e. The molecule has 1 amide bonds. The molecule has 0 bridgehead atoms. The molecule has 0 N–H and O–H groups in total. The highest BCUT2D eigenvalue weighted by atomic mass is 32.2. The number of benzene rings is 2. The smallest absolute Gasteiger partial charge is 0.224 e. The third kappa shape index (κ3) is 2.88. The number of halogens is 1. The number of carbonyl (C=O) groups excluding carboxylic acids is 1. The molecule has 1 atom stereocenters. The van der Waals surface area contributed by atoms with Crippen molar-refractivity contribution in [3.8, 4) is 5.75 Å². The van der Waals surface area contributed by atoms with Crippen LogP contribution in [-0.4, -0.2) is 23.2 Å². The van der Waals surface area contributed by atoms with E-state index in [9.17, 15) is 9.18 Å². The molecule has 0 aliphatic carbocycles. The number of hydrogen-bond acceptors (Lipinski definition) is 3. The van der Waals surface area contributed by atoms with E-state index in [1.807, 2.05) is 18.2 Å². The molecule has 3 nitrogen and oxygen atoms in total. The van der Waals surface area contributed by atoms with Gasteiger partial charge in [0.25, 0.3) is 0 Å². The predicted molar refractivity (Wildman–Crippen MR) is 92.4 cm³/mol. The molecule has 124 valence electrons. The van der Waals surface area contributed by atoms with Crippen LogP contribution in [0.2, 0.25) is 0 Å². The minimum Gasteiger partial charge on any atom is -0.493 e. The Morgan fingerprint density at radius 3 is 2.96 bits per heavy atom. The Morgan fingerprint density at radius 2 is 2.08 bits per heavy atom. The van der Waals surface area contributed by atoms with Gasteiger partial charge in [0.2, 0.25) is 5.91 Å². The fourth-order valence-electron chi connectivity index (χ4n) is 3.24. The minimum atomic E-state index is -0.262. The molecule has 2 aromatic rings. The quantitative estimate of drug-likeness (QED) is 0.846. The van der Waals surface area contributed by atoms with E-state index in [0.29, 0.717) is 25.1 Å². The van der Waals surface area contributed by atoms with Crippen LogP contribution in [-0.2, 0) is 17.8 Å². The second kappa shape index (κ2) is 6.48. The van der Waals surface area contributed by atoms with Gasteiger partial charge in [-0.3, -0.25) is 4.79 Å². The second-order valence-corrected chi connectivity index (χ2v) is 7.24. The summed E-state index contributed by atoms with van der Waals surface area (Å²) < 4.78 is 19.6. The Hall–Kier alpha value is -2.01. The molecule has 0 radical (unpaired) electrons. The van der Waals surface area contributed by atoms with Crippen LogP contribution in [0.4, 0.5) is 4.39 Å². The van der Waals surface area contributed by atoms with E-state index >= 15 is 0 Å². The monoisotopic (exact) mass is 343 g/mol. The Labute approximate surface area is 144 Å². The number of rotatable bonds is 3. The van der Waals surface area contributed by atoms with E-state index in [2.05, 4.69) is 6.07 Å². The van der Waals surface area contributed by atoms with Gasteiger partial charge in [0.1, 0.15) is 16.9 Å². The van der Waals surface area contributed by atoms with Crippen LogP contribution in [0.1, 0.15) is 28.5 Å². The zero-order valence-corrected chi connectivity index (χ0v) is 14.0. The van der Waals surface area contributed by atoms with E-state index in [1.165, 1.54) is 11.6 Å². The number of hydrogen-bond donors (Lipinski definition) is 0. The van der Waals surface area contributed by atoms with Crippen LogP contribution < -0.4 is 4.74 Å². The van der Waals surface area contributed by atoms with Crippen LogP contribution >= 0.6 is 11.8 Å². The summed E-state index contributed by atoms with van der Waals surface area (Å²) >= 11 is 1.74. The molecule has 1 fully saturated rings. The van der Waals surface area contributed by atoms with Crippen molar-refractivity contribution in [3.05, 3.63) is 65.0 Å². The van der Waals surface area contributed by atoms with Gasteiger partial charge in [0, 0.05) is 30.7 Å². The maximum atomic E-state index is 14.0. The number of thioether (sulfide) groups is 1. The first-order chi connectivity index (χ1) is 11.7. The van der Waals surface area contributed by atoms with Crippen molar-refractivity contribution >= 4 is 17.7 Å². The molecule has 0 saturated carbocycles. The molecule has 0 spiro atoms. The van der Waals surface area contributed by atoms with Crippen molar-refractivity contribution in [2.75, 3.05) is 12.4 Å². The van der Waals surface area contributed by atoms with E-state index in [0.717, 1.165) is 23.5 Å². The van der Waals surface area contributed by atoms with Gasteiger partial charge in [-0.25, -0.2) is 4.39 Å². The number of ether oxygens (including phenoxy) is 1. The maximum absolute atomic E-state index is 14.0. The molecule has 4 rings (SSSR count). The number of carbonyl (C=O) groups is 1. The van der Waals surface area contributed by atoms with Gasteiger partial charge in [-0.2, -0.15) is 0 Å². The van der Waals surface area contributed by atoms with Crippen molar-refractivity contribution in [3.63, 3.8) is 0 Å². The molecule has 1 unspecified atom stereocenters. The summed E-state index contributed by atoms with van der Waals surface area (Å²) in [5, 5.41) is -0.0724. The lowest BCUT2D eigenvalue weighted by molar-refractivity contribution is -0.132. The van der Waals surface area contributed by atoms with Crippen LogP contribution in [0.15, 0.2) is 42.5 Å².